The Bertz CT molecular complexity index is 1710. The van der Waals surface area contributed by atoms with Gasteiger partial charge in [0.2, 0.25) is 0 Å². The zero-order valence-electron chi connectivity index (χ0n) is 19.0. The number of anilines is 3. The Morgan fingerprint density at radius 2 is 1.73 bits per heavy atom. The van der Waals surface area contributed by atoms with Crippen molar-refractivity contribution in [2.24, 2.45) is 0 Å². The van der Waals surface area contributed by atoms with Crippen LogP contribution in [-0.4, -0.2) is 35.3 Å². The van der Waals surface area contributed by atoms with Crippen LogP contribution in [0.1, 0.15) is 0 Å². The number of rotatable bonds is 5. The average molecular weight is 495 g/mol. The highest BCUT2D eigenvalue weighted by Gasteiger charge is 2.16. The van der Waals surface area contributed by atoms with Crippen LogP contribution in [0.5, 0.6) is 0 Å². The van der Waals surface area contributed by atoms with Crippen LogP contribution < -0.4 is 16.4 Å². The van der Waals surface area contributed by atoms with Crippen molar-refractivity contribution in [3.8, 4) is 22.8 Å². The third-order valence-corrected chi connectivity index (χ3v) is 5.56. The number of carbonyl (C=O) groups excluding carboxylic acids is 1. The number of nitrogens with two attached hydrogens (primary N) is 1. The van der Waals surface area contributed by atoms with Gasteiger partial charge >= 0.3 is 6.03 Å². The number of aromatic nitrogens is 6. The molecule has 2 amide bonds. The average Bonchev–Trinajstić information content (AvgIpc) is 3.66. The summed E-state index contributed by atoms with van der Waals surface area (Å²) in [5.74, 6) is 0.819. The summed E-state index contributed by atoms with van der Waals surface area (Å²) in [6.07, 6.45) is 4.52. The van der Waals surface area contributed by atoms with E-state index in [0.29, 0.717) is 45.6 Å². The van der Waals surface area contributed by atoms with Gasteiger partial charge in [-0.05, 0) is 60.7 Å². The van der Waals surface area contributed by atoms with Crippen LogP contribution in [0.2, 0.25) is 0 Å². The molecule has 0 fully saturated rings. The molecule has 0 unspecified atom stereocenters. The van der Waals surface area contributed by atoms with E-state index in [2.05, 4.69) is 30.7 Å². The molecule has 0 radical (unpaired) electrons. The van der Waals surface area contributed by atoms with Crippen LogP contribution in [-0.2, 0) is 0 Å². The monoisotopic (exact) mass is 495 g/mol. The number of hydrogen-bond donors (Lipinski definition) is 3. The van der Waals surface area contributed by atoms with Gasteiger partial charge in [0.05, 0.1) is 12.0 Å². The van der Waals surface area contributed by atoms with Gasteiger partial charge in [0.1, 0.15) is 30.0 Å². The van der Waals surface area contributed by atoms with Crippen molar-refractivity contribution in [2.45, 2.75) is 0 Å². The zero-order chi connectivity index (χ0) is 25.4. The van der Waals surface area contributed by atoms with Gasteiger partial charge in [0.15, 0.2) is 22.7 Å². The number of nitrogen functional groups attached to an aromatic ring is 1. The standard InChI is InChI=1S/C25H18FN9O2/c26-15-3-7-18(8-4-15)35-21(12-19(33-35)20-2-1-11-37-20)32-25(36)31-16-5-9-17(10-6-16)34-14-30-22-23(27)28-13-29-24(22)34/h1-14H,(H2,27,28,29)(H2,31,32,36). The number of benzene rings is 2. The van der Waals surface area contributed by atoms with Gasteiger partial charge in [-0.1, -0.05) is 0 Å². The van der Waals surface area contributed by atoms with E-state index >= 15 is 0 Å². The quantitative estimate of drug-likeness (QED) is 0.317. The molecule has 0 aliphatic heterocycles. The van der Waals surface area contributed by atoms with Crippen LogP contribution >= 0.6 is 0 Å². The largest absolute Gasteiger partial charge is 0.463 e. The summed E-state index contributed by atoms with van der Waals surface area (Å²) in [7, 11) is 0. The molecule has 12 heteroatoms. The minimum absolute atomic E-state index is 0.300. The zero-order valence-corrected chi connectivity index (χ0v) is 19.0. The molecule has 0 saturated carbocycles. The molecule has 0 atom stereocenters. The molecule has 0 aliphatic rings. The van der Waals surface area contributed by atoms with Crippen LogP contribution in [0.4, 0.5) is 26.5 Å². The molecule has 11 nitrogen and oxygen atoms in total. The summed E-state index contributed by atoms with van der Waals surface area (Å²) in [6, 6.07) is 17.6. The second-order valence-electron chi connectivity index (χ2n) is 7.95. The third kappa shape index (κ3) is 4.23. The van der Waals surface area contributed by atoms with E-state index in [1.54, 1.807) is 53.4 Å². The fourth-order valence-corrected chi connectivity index (χ4v) is 3.82. The Morgan fingerprint density at radius 1 is 0.946 bits per heavy atom. The lowest BCUT2D eigenvalue weighted by molar-refractivity contribution is 0.262. The highest BCUT2D eigenvalue weighted by Crippen LogP contribution is 2.26. The number of imidazole rings is 1. The minimum Gasteiger partial charge on any atom is -0.463 e. The molecule has 0 saturated heterocycles. The van der Waals surface area contributed by atoms with E-state index in [1.807, 2.05) is 12.1 Å². The van der Waals surface area contributed by atoms with Crippen molar-refractivity contribution in [3.63, 3.8) is 0 Å². The minimum atomic E-state index is -0.490. The number of furan rings is 1. The number of halogens is 1. The summed E-state index contributed by atoms with van der Waals surface area (Å²) < 4.78 is 22.2. The summed E-state index contributed by atoms with van der Waals surface area (Å²) >= 11 is 0. The first-order valence-corrected chi connectivity index (χ1v) is 11.1. The second-order valence-corrected chi connectivity index (χ2v) is 7.95. The van der Waals surface area contributed by atoms with E-state index in [4.69, 9.17) is 10.2 Å². The van der Waals surface area contributed by atoms with Gasteiger partial charge in [-0.2, -0.15) is 5.10 Å². The third-order valence-electron chi connectivity index (χ3n) is 5.56. The normalized spacial score (nSPS) is 11.1. The first kappa shape index (κ1) is 22.0. The van der Waals surface area contributed by atoms with Crippen LogP contribution in [0, 0.1) is 5.82 Å². The summed E-state index contributed by atoms with van der Waals surface area (Å²) in [5, 5.41) is 10.1. The number of fused-ring (bicyclic) bond motifs is 1. The molecule has 4 heterocycles. The molecule has 4 aromatic heterocycles. The Kier molecular flexibility index (Phi) is 5.30. The van der Waals surface area contributed by atoms with Crippen LogP contribution in [0.3, 0.4) is 0 Å². The van der Waals surface area contributed by atoms with E-state index in [9.17, 15) is 9.18 Å². The Morgan fingerprint density at radius 3 is 2.49 bits per heavy atom. The van der Waals surface area contributed by atoms with Gasteiger partial charge in [0.25, 0.3) is 0 Å². The Labute approximate surface area is 208 Å². The molecule has 0 aliphatic carbocycles. The van der Waals surface area contributed by atoms with Gasteiger partial charge < -0.3 is 15.5 Å². The Balaban J connectivity index is 1.23. The van der Waals surface area contributed by atoms with Crippen molar-refractivity contribution >= 4 is 34.5 Å². The molecule has 6 aromatic rings. The molecule has 4 N–H and O–H groups in total. The molecule has 0 bridgehead atoms. The summed E-state index contributed by atoms with van der Waals surface area (Å²) in [6.45, 7) is 0. The van der Waals surface area contributed by atoms with Crippen LogP contribution in [0.15, 0.2) is 90.1 Å². The Hall–Kier alpha value is -5.52. The maximum atomic E-state index is 13.5. The number of hydrogen-bond acceptors (Lipinski definition) is 7. The fraction of sp³-hybridized carbons (Fsp3) is 0. The molecule has 2 aromatic carbocycles. The summed E-state index contributed by atoms with van der Waals surface area (Å²) in [4.78, 5) is 25.3. The molecular formula is C25H18FN9O2. The molecular weight excluding hydrogens is 477 g/mol. The predicted octanol–water partition coefficient (Wildman–Crippen LogP) is 4.63. The van der Waals surface area contributed by atoms with E-state index in [-0.39, 0.29) is 5.82 Å². The van der Waals surface area contributed by atoms with Gasteiger partial charge in [-0.3, -0.25) is 9.88 Å². The topological polar surface area (TPSA) is 142 Å². The van der Waals surface area contributed by atoms with E-state index in [1.165, 1.54) is 29.4 Å². The highest BCUT2D eigenvalue weighted by atomic mass is 19.1. The van der Waals surface area contributed by atoms with Crippen molar-refractivity contribution in [1.82, 2.24) is 29.3 Å². The van der Waals surface area contributed by atoms with Crippen molar-refractivity contribution in [2.75, 3.05) is 16.4 Å². The lowest BCUT2D eigenvalue weighted by Crippen LogP contribution is -2.21. The van der Waals surface area contributed by atoms with Crippen molar-refractivity contribution in [3.05, 3.63) is 91.5 Å². The molecule has 37 heavy (non-hydrogen) atoms. The van der Waals surface area contributed by atoms with E-state index < -0.39 is 6.03 Å². The number of carbonyl (C=O) groups is 1. The van der Waals surface area contributed by atoms with Crippen LogP contribution in [0.25, 0.3) is 34.0 Å². The lowest BCUT2D eigenvalue weighted by atomic mass is 10.2. The van der Waals surface area contributed by atoms with Crippen molar-refractivity contribution < 1.29 is 13.6 Å². The number of amides is 2. The van der Waals surface area contributed by atoms with Gasteiger partial charge in [0, 0.05) is 17.4 Å². The molecule has 182 valence electrons. The maximum absolute atomic E-state index is 13.5. The first-order valence-electron chi connectivity index (χ1n) is 11.1. The van der Waals surface area contributed by atoms with E-state index in [0.717, 1.165) is 5.69 Å². The maximum Gasteiger partial charge on any atom is 0.324 e. The SMILES string of the molecule is Nc1ncnc2c1ncn2-c1ccc(NC(=O)Nc2cc(-c3ccco3)nn2-c2ccc(F)cc2)cc1. The number of nitrogens with zero attached hydrogens (tertiary/aromatic N) is 6. The van der Waals surface area contributed by atoms with Gasteiger partial charge in [-0.25, -0.2) is 28.8 Å². The highest BCUT2D eigenvalue weighted by molar-refractivity contribution is 5.99. The smallest absolute Gasteiger partial charge is 0.324 e. The molecule has 6 rings (SSSR count). The lowest BCUT2D eigenvalue weighted by Gasteiger charge is -2.11. The molecule has 0 spiro atoms. The number of nitrogens with one attached hydrogen (secondary N) is 2. The number of urea groups is 1. The predicted molar refractivity (Wildman–Crippen MR) is 135 cm³/mol. The fourth-order valence-electron chi connectivity index (χ4n) is 3.82. The van der Waals surface area contributed by atoms with Gasteiger partial charge in [-0.15, -0.1) is 0 Å². The summed E-state index contributed by atoms with van der Waals surface area (Å²) in [5.41, 5.74) is 9.36. The van der Waals surface area contributed by atoms with Crippen molar-refractivity contribution in [1.29, 1.82) is 0 Å². The second kappa shape index (κ2) is 8.92. The first-order chi connectivity index (χ1) is 18.0.